The molecule has 2 saturated carbocycles. The highest BCUT2D eigenvalue weighted by Crippen LogP contribution is 2.43. The third kappa shape index (κ3) is 4.52. The molecule has 2 aliphatic rings. The van der Waals surface area contributed by atoms with E-state index in [0.717, 1.165) is 24.7 Å². The second-order valence-corrected chi connectivity index (χ2v) is 8.07. The first-order valence-electron chi connectivity index (χ1n) is 9.68. The van der Waals surface area contributed by atoms with E-state index in [0.29, 0.717) is 18.8 Å². The van der Waals surface area contributed by atoms with Gasteiger partial charge >= 0.3 is 11.9 Å². The molecule has 0 aromatic heterocycles. The molecule has 0 aromatic rings. The first-order valence-corrected chi connectivity index (χ1v) is 9.68. The van der Waals surface area contributed by atoms with Crippen LogP contribution in [-0.4, -0.2) is 26.2 Å². The highest BCUT2D eigenvalue weighted by molar-refractivity contribution is 6.00. The van der Waals surface area contributed by atoms with E-state index >= 15 is 0 Å². The van der Waals surface area contributed by atoms with Crippen LogP contribution >= 0.6 is 0 Å². The summed E-state index contributed by atoms with van der Waals surface area (Å²) >= 11 is 0. The highest BCUT2D eigenvalue weighted by atomic mass is 16.5. The molecule has 4 nitrogen and oxygen atoms in total. The third-order valence-electron chi connectivity index (χ3n) is 6.47. The first kappa shape index (κ1) is 19.3. The third-order valence-corrected chi connectivity index (χ3v) is 6.47. The molecule has 0 spiro atoms. The highest BCUT2D eigenvalue weighted by Gasteiger charge is 2.50. The summed E-state index contributed by atoms with van der Waals surface area (Å²) < 4.78 is 9.76. The molecule has 2 rings (SSSR count). The van der Waals surface area contributed by atoms with Crippen LogP contribution in [0.1, 0.15) is 77.6 Å². The Labute approximate surface area is 146 Å². The Morgan fingerprint density at radius 3 is 1.75 bits per heavy atom. The van der Waals surface area contributed by atoms with Crippen LogP contribution in [0, 0.1) is 23.2 Å². The van der Waals surface area contributed by atoms with Gasteiger partial charge in [0.05, 0.1) is 14.2 Å². The molecule has 138 valence electrons. The Morgan fingerprint density at radius 2 is 1.29 bits per heavy atom. The molecule has 0 aliphatic heterocycles. The van der Waals surface area contributed by atoms with Gasteiger partial charge in [0, 0.05) is 0 Å². The summed E-state index contributed by atoms with van der Waals surface area (Å²) in [5.41, 5.74) is -1.06. The Bertz CT molecular complexity index is 397. The summed E-state index contributed by atoms with van der Waals surface area (Å²) in [6, 6.07) is 0. The van der Waals surface area contributed by atoms with Crippen LogP contribution in [0.3, 0.4) is 0 Å². The van der Waals surface area contributed by atoms with Gasteiger partial charge in [-0.1, -0.05) is 51.9 Å². The monoisotopic (exact) mass is 338 g/mol. The standard InChI is InChI=1S/C20H34O4/c1-15-7-9-16(10-8-15)5-4-6-17-11-13-20(14-12-17,18(21)23-2)19(22)24-3/h15-17H,4-14H2,1-3H3. The lowest BCUT2D eigenvalue weighted by Gasteiger charge is -2.35. The predicted octanol–water partition coefficient (Wildman–Crippen LogP) is 4.51. The average molecular weight is 338 g/mol. The normalized spacial score (nSPS) is 27.5. The SMILES string of the molecule is COC(=O)C1(C(=O)OC)CCC(CCCC2CCC(C)CC2)CC1. The maximum absolute atomic E-state index is 12.1. The Hall–Kier alpha value is -1.06. The van der Waals surface area contributed by atoms with E-state index in [2.05, 4.69) is 6.92 Å². The zero-order valence-corrected chi connectivity index (χ0v) is 15.6. The molecule has 2 aliphatic carbocycles. The molecule has 0 amide bonds. The summed E-state index contributed by atoms with van der Waals surface area (Å²) in [4.78, 5) is 24.2. The molecule has 0 N–H and O–H groups in total. The number of methoxy groups -OCH3 is 2. The fourth-order valence-electron chi connectivity index (χ4n) is 4.65. The largest absolute Gasteiger partial charge is 0.468 e. The fraction of sp³-hybridized carbons (Fsp3) is 0.900. The molecule has 0 radical (unpaired) electrons. The van der Waals surface area contributed by atoms with E-state index < -0.39 is 17.4 Å². The molecule has 24 heavy (non-hydrogen) atoms. The van der Waals surface area contributed by atoms with Gasteiger partial charge < -0.3 is 9.47 Å². The summed E-state index contributed by atoms with van der Waals surface area (Å²) in [5.74, 6) is 1.63. The van der Waals surface area contributed by atoms with Gasteiger partial charge in [0.25, 0.3) is 0 Å². The van der Waals surface area contributed by atoms with Gasteiger partial charge in [-0.05, 0) is 43.4 Å². The summed E-state index contributed by atoms with van der Waals surface area (Å²) in [6.07, 6.45) is 12.4. The van der Waals surface area contributed by atoms with Crippen molar-refractivity contribution in [3.05, 3.63) is 0 Å². The minimum Gasteiger partial charge on any atom is -0.468 e. The molecule has 4 heteroatoms. The van der Waals surface area contributed by atoms with E-state index in [-0.39, 0.29) is 0 Å². The minimum absolute atomic E-state index is 0.427. The van der Waals surface area contributed by atoms with Crippen molar-refractivity contribution < 1.29 is 19.1 Å². The van der Waals surface area contributed by atoms with Crippen molar-refractivity contribution in [1.29, 1.82) is 0 Å². The first-order chi connectivity index (χ1) is 11.5. The van der Waals surface area contributed by atoms with Crippen LogP contribution in [0.25, 0.3) is 0 Å². The lowest BCUT2D eigenvalue weighted by molar-refractivity contribution is -0.172. The number of hydrogen-bond acceptors (Lipinski definition) is 4. The number of carbonyl (C=O) groups is 2. The van der Waals surface area contributed by atoms with Crippen molar-refractivity contribution in [1.82, 2.24) is 0 Å². The average Bonchev–Trinajstić information content (AvgIpc) is 2.62. The predicted molar refractivity (Wildman–Crippen MR) is 93.4 cm³/mol. The second kappa shape index (κ2) is 8.87. The van der Waals surface area contributed by atoms with Gasteiger partial charge in [-0.15, -0.1) is 0 Å². The molecule has 0 bridgehead atoms. The van der Waals surface area contributed by atoms with Crippen molar-refractivity contribution in [3.8, 4) is 0 Å². The summed E-state index contributed by atoms with van der Waals surface area (Å²) in [6.45, 7) is 2.37. The van der Waals surface area contributed by atoms with Crippen molar-refractivity contribution in [3.63, 3.8) is 0 Å². The van der Waals surface area contributed by atoms with Crippen molar-refractivity contribution in [2.45, 2.75) is 77.6 Å². The van der Waals surface area contributed by atoms with Crippen molar-refractivity contribution in [2.75, 3.05) is 14.2 Å². The van der Waals surface area contributed by atoms with E-state index in [1.54, 1.807) is 0 Å². The van der Waals surface area contributed by atoms with E-state index in [1.165, 1.54) is 59.2 Å². The van der Waals surface area contributed by atoms with Crippen LogP contribution < -0.4 is 0 Å². The second-order valence-electron chi connectivity index (χ2n) is 8.07. The molecule has 0 aromatic carbocycles. The molecule has 2 fully saturated rings. The van der Waals surface area contributed by atoms with Gasteiger partial charge in [-0.3, -0.25) is 9.59 Å². The lowest BCUT2D eigenvalue weighted by atomic mass is 9.69. The zero-order valence-electron chi connectivity index (χ0n) is 15.6. The summed E-state index contributed by atoms with van der Waals surface area (Å²) in [7, 11) is 2.70. The van der Waals surface area contributed by atoms with E-state index in [9.17, 15) is 9.59 Å². The quantitative estimate of drug-likeness (QED) is 0.528. The number of esters is 2. The topological polar surface area (TPSA) is 52.6 Å². The van der Waals surface area contributed by atoms with Crippen LogP contribution in [0.2, 0.25) is 0 Å². The zero-order chi connectivity index (χ0) is 17.6. The molecular weight excluding hydrogens is 304 g/mol. The van der Waals surface area contributed by atoms with Gasteiger partial charge in [-0.25, -0.2) is 0 Å². The molecule has 0 unspecified atom stereocenters. The maximum Gasteiger partial charge on any atom is 0.323 e. The van der Waals surface area contributed by atoms with Crippen molar-refractivity contribution in [2.24, 2.45) is 23.2 Å². The molecular formula is C20H34O4. The van der Waals surface area contributed by atoms with Crippen LogP contribution in [0.4, 0.5) is 0 Å². The van der Waals surface area contributed by atoms with E-state index in [1.807, 2.05) is 0 Å². The summed E-state index contributed by atoms with van der Waals surface area (Å²) in [5, 5.41) is 0. The van der Waals surface area contributed by atoms with Crippen LogP contribution in [0.5, 0.6) is 0 Å². The Kier molecular flexibility index (Phi) is 7.12. The van der Waals surface area contributed by atoms with Crippen LogP contribution in [-0.2, 0) is 19.1 Å². The van der Waals surface area contributed by atoms with Crippen molar-refractivity contribution >= 4 is 11.9 Å². The molecule has 0 saturated heterocycles. The maximum atomic E-state index is 12.1. The smallest absolute Gasteiger partial charge is 0.323 e. The number of hydrogen-bond donors (Lipinski definition) is 0. The lowest BCUT2D eigenvalue weighted by Crippen LogP contribution is -2.44. The van der Waals surface area contributed by atoms with Gasteiger partial charge in [0.2, 0.25) is 0 Å². The molecule has 0 atom stereocenters. The Balaban J connectivity index is 1.75. The van der Waals surface area contributed by atoms with Gasteiger partial charge in [0.1, 0.15) is 0 Å². The van der Waals surface area contributed by atoms with E-state index in [4.69, 9.17) is 9.47 Å². The number of ether oxygens (including phenoxy) is 2. The Morgan fingerprint density at radius 1 is 0.833 bits per heavy atom. The number of carbonyl (C=O) groups excluding carboxylic acids is 2. The van der Waals surface area contributed by atoms with Gasteiger partial charge in [-0.2, -0.15) is 0 Å². The molecule has 0 heterocycles. The number of rotatable bonds is 6. The fourth-order valence-corrected chi connectivity index (χ4v) is 4.65. The van der Waals surface area contributed by atoms with Gasteiger partial charge in [0.15, 0.2) is 5.41 Å². The minimum atomic E-state index is -1.06. The van der Waals surface area contributed by atoms with Crippen LogP contribution in [0.15, 0.2) is 0 Å².